The molecule has 1 aliphatic heterocycles. The van der Waals surface area contributed by atoms with Crippen molar-refractivity contribution < 1.29 is 4.79 Å². The number of carbonyl (C=O) groups excluding carboxylic acids is 1. The zero-order chi connectivity index (χ0) is 12.5. The number of hydrogen-bond donors (Lipinski definition) is 0. The van der Waals surface area contributed by atoms with Gasteiger partial charge in [-0.3, -0.25) is 9.78 Å². The first-order valence-electron chi connectivity index (χ1n) is 6.25. The van der Waals surface area contributed by atoms with Crippen LogP contribution in [0, 0.1) is 0 Å². The first-order chi connectivity index (χ1) is 7.98. The van der Waals surface area contributed by atoms with Crippen molar-refractivity contribution in [3.63, 3.8) is 0 Å². The molecule has 1 aliphatic rings. The number of rotatable bonds is 1. The summed E-state index contributed by atoms with van der Waals surface area (Å²) in [4.78, 5) is 18.1. The summed E-state index contributed by atoms with van der Waals surface area (Å²) in [6.45, 7) is 7.25. The molecule has 17 heavy (non-hydrogen) atoms. The second-order valence-electron chi connectivity index (χ2n) is 5.65. The average molecular weight is 232 g/mol. The Bertz CT molecular complexity index is 403. The third-order valence-electron chi connectivity index (χ3n) is 3.15. The molecule has 1 aromatic rings. The van der Waals surface area contributed by atoms with Crippen LogP contribution in [0.2, 0.25) is 0 Å². The summed E-state index contributed by atoms with van der Waals surface area (Å²) in [6, 6.07) is 4.04. The number of aromatic nitrogens is 1. The van der Waals surface area contributed by atoms with E-state index in [0.717, 1.165) is 30.8 Å². The van der Waals surface area contributed by atoms with Crippen molar-refractivity contribution in [2.45, 2.75) is 45.4 Å². The molecule has 1 saturated heterocycles. The van der Waals surface area contributed by atoms with Gasteiger partial charge in [-0.25, -0.2) is 0 Å². The first-order valence-corrected chi connectivity index (χ1v) is 6.25. The molecule has 0 unspecified atom stereocenters. The lowest BCUT2D eigenvalue weighted by atomic mass is 9.91. The van der Waals surface area contributed by atoms with Gasteiger partial charge in [0.25, 0.3) is 0 Å². The quantitative estimate of drug-likeness (QED) is 0.746. The van der Waals surface area contributed by atoms with Crippen molar-refractivity contribution >= 4 is 11.6 Å². The molecule has 0 aromatic carbocycles. The van der Waals surface area contributed by atoms with Gasteiger partial charge in [-0.2, -0.15) is 0 Å². The van der Waals surface area contributed by atoms with E-state index in [1.807, 2.05) is 23.2 Å². The SMILES string of the molecule is CC(C)(C)c1ccc(N2CCCCC2=O)cn1. The standard InChI is InChI=1S/C14H20N2O/c1-14(2,3)12-8-7-11(10-15-12)16-9-5-4-6-13(16)17/h7-8,10H,4-6,9H2,1-3H3. The fourth-order valence-corrected chi connectivity index (χ4v) is 2.07. The fraction of sp³-hybridized carbons (Fsp3) is 0.571. The Labute approximate surface area is 103 Å². The van der Waals surface area contributed by atoms with Crippen LogP contribution in [0.4, 0.5) is 5.69 Å². The first kappa shape index (κ1) is 12.1. The van der Waals surface area contributed by atoms with Crippen LogP contribution in [0.25, 0.3) is 0 Å². The van der Waals surface area contributed by atoms with Gasteiger partial charge >= 0.3 is 0 Å². The summed E-state index contributed by atoms with van der Waals surface area (Å²) >= 11 is 0. The lowest BCUT2D eigenvalue weighted by molar-refractivity contribution is -0.119. The van der Waals surface area contributed by atoms with Crippen LogP contribution in [0.5, 0.6) is 0 Å². The molecular weight excluding hydrogens is 212 g/mol. The van der Waals surface area contributed by atoms with Crippen molar-refractivity contribution in [2.75, 3.05) is 11.4 Å². The lowest BCUT2D eigenvalue weighted by Crippen LogP contribution is -2.35. The molecule has 3 nitrogen and oxygen atoms in total. The Hall–Kier alpha value is -1.38. The van der Waals surface area contributed by atoms with Crippen molar-refractivity contribution in [2.24, 2.45) is 0 Å². The molecule has 0 atom stereocenters. The number of anilines is 1. The Morgan fingerprint density at radius 3 is 2.53 bits per heavy atom. The molecule has 0 radical (unpaired) electrons. The smallest absolute Gasteiger partial charge is 0.227 e. The molecule has 0 saturated carbocycles. The van der Waals surface area contributed by atoms with E-state index >= 15 is 0 Å². The van der Waals surface area contributed by atoms with E-state index in [-0.39, 0.29) is 11.3 Å². The Morgan fingerprint density at radius 1 is 1.24 bits per heavy atom. The fourth-order valence-electron chi connectivity index (χ4n) is 2.07. The highest BCUT2D eigenvalue weighted by molar-refractivity contribution is 5.93. The lowest BCUT2D eigenvalue weighted by Gasteiger charge is -2.27. The van der Waals surface area contributed by atoms with Gasteiger partial charge in [0.1, 0.15) is 0 Å². The monoisotopic (exact) mass is 232 g/mol. The van der Waals surface area contributed by atoms with Crippen LogP contribution in [-0.4, -0.2) is 17.4 Å². The zero-order valence-electron chi connectivity index (χ0n) is 10.9. The molecule has 1 aromatic heterocycles. The normalized spacial score (nSPS) is 17.4. The number of hydrogen-bond acceptors (Lipinski definition) is 2. The van der Waals surface area contributed by atoms with Gasteiger partial charge in [0, 0.05) is 24.1 Å². The molecule has 0 spiro atoms. The third kappa shape index (κ3) is 2.65. The molecule has 0 aliphatic carbocycles. The number of amides is 1. The second kappa shape index (κ2) is 4.47. The van der Waals surface area contributed by atoms with Gasteiger partial charge in [-0.15, -0.1) is 0 Å². The predicted molar refractivity (Wildman–Crippen MR) is 69.1 cm³/mol. The van der Waals surface area contributed by atoms with Crippen molar-refractivity contribution in [3.8, 4) is 0 Å². The molecule has 2 rings (SSSR count). The minimum absolute atomic E-state index is 0.0600. The van der Waals surface area contributed by atoms with E-state index in [1.54, 1.807) is 0 Å². The summed E-state index contributed by atoms with van der Waals surface area (Å²) in [6.07, 6.45) is 4.60. The van der Waals surface area contributed by atoms with Crippen molar-refractivity contribution in [3.05, 3.63) is 24.0 Å². The van der Waals surface area contributed by atoms with Gasteiger partial charge in [0.2, 0.25) is 5.91 Å². The number of pyridine rings is 1. The van der Waals surface area contributed by atoms with Crippen LogP contribution in [0.3, 0.4) is 0 Å². The summed E-state index contributed by atoms with van der Waals surface area (Å²) in [5, 5.41) is 0. The predicted octanol–water partition coefficient (Wildman–Crippen LogP) is 2.90. The van der Waals surface area contributed by atoms with E-state index in [0.29, 0.717) is 6.42 Å². The third-order valence-corrected chi connectivity index (χ3v) is 3.15. The average Bonchev–Trinajstić information content (AvgIpc) is 2.29. The van der Waals surface area contributed by atoms with Gasteiger partial charge in [0.15, 0.2) is 0 Å². The van der Waals surface area contributed by atoms with E-state index in [9.17, 15) is 4.79 Å². The van der Waals surface area contributed by atoms with Gasteiger partial charge in [-0.05, 0) is 25.0 Å². The van der Waals surface area contributed by atoms with Crippen molar-refractivity contribution in [1.29, 1.82) is 0 Å². The molecule has 1 amide bonds. The summed E-state index contributed by atoms with van der Waals surface area (Å²) in [7, 11) is 0. The molecule has 92 valence electrons. The molecule has 2 heterocycles. The zero-order valence-corrected chi connectivity index (χ0v) is 10.9. The Morgan fingerprint density at radius 2 is 2.00 bits per heavy atom. The summed E-state index contributed by atoms with van der Waals surface area (Å²) in [5.74, 6) is 0.224. The number of piperidine rings is 1. The highest BCUT2D eigenvalue weighted by Crippen LogP contribution is 2.24. The van der Waals surface area contributed by atoms with Crippen LogP contribution in [-0.2, 0) is 10.2 Å². The van der Waals surface area contributed by atoms with E-state index in [2.05, 4.69) is 25.8 Å². The summed E-state index contributed by atoms with van der Waals surface area (Å²) in [5.41, 5.74) is 2.05. The highest BCUT2D eigenvalue weighted by atomic mass is 16.2. The minimum atomic E-state index is 0.0600. The van der Waals surface area contributed by atoms with E-state index in [1.165, 1.54) is 0 Å². The summed E-state index contributed by atoms with van der Waals surface area (Å²) < 4.78 is 0. The maximum atomic E-state index is 11.8. The number of carbonyl (C=O) groups is 1. The molecule has 0 bridgehead atoms. The Balaban J connectivity index is 2.20. The van der Waals surface area contributed by atoms with Gasteiger partial charge in [-0.1, -0.05) is 20.8 Å². The molecule has 1 fully saturated rings. The van der Waals surface area contributed by atoms with Crippen LogP contribution < -0.4 is 4.90 Å². The van der Waals surface area contributed by atoms with Crippen LogP contribution in [0.15, 0.2) is 18.3 Å². The maximum absolute atomic E-state index is 11.8. The highest BCUT2D eigenvalue weighted by Gasteiger charge is 2.21. The van der Waals surface area contributed by atoms with Crippen molar-refractivity contribution in [1.82, 2.24) is 4.98 Å². The maximum Gasteiger partial charge on any atom is 0.227 e. The molecule has 0 N–H and O–H groups in total. The van der Waals surface area contributed by atoms with Gasteiger partial charge < -0.3 is 4.90 Å². The molecular formula is C14H20N2O. The number of nitrogens with zero attached hydrogens (tertiary/aromatic N) is 2. The Kier molecular flexibility index (Phi) is 3.18. The van der Waals surface area contributed by atoms with Crippen LogP contribution in [0.1, 0.15) is 45.7 Å². The largest absolute Gasteiger partial charge is 0.311 e. The minimum Gasteiger partial charge on any atom is -0.311 e. The van der Waals surface area contributed by atoms with Gasteiger partial charge in [0.05, 0.1) is 11.9 Å². The van der Waals surface area contributed by atoms with E-state index in [4.69, 9.17) is 0 Å². The second-order valence-corrected chi connectivity index (χ2v) is 5.65. The topological polar surface area (TPSA) is 33.2 Å². The van der Waals surface area contributed by atoms with Crippen LogP contribution >= 0.6 is 0 Å². The molecule has 3 heteroatoms. The van der Waals surface area contributed by atoms with E-state index < -0.39 is 0 Å².